The van der Waals surface area contributed by atoms with Crippen LogP contribution in [-0.4, -0.2) is 80.9 Å². The molecular weight excluding hydrogens is 278 g/mol. The predicted molar refractivity (Wildman–Crippen MR) is 78.4 cm³/mol. The lowest BCUT2D eigenvalue weighted by molar-refractivity contribution is -0.133. The van der Waals surface area contributed by atoms with Gasteiger partial charge in [0.2, 0.25) is 5.91 Å². The number of sulfone groups is 1. The molecule has 1 unspecified atom stereocenters. The second kappa shape index (κ2) is 6.41. The molecule has 0 spiro atoms. The van der Waals surface area contributed by atoms with Gasteiger partial charge in [0, 0.05) is 32.2 Å². The number of amides is 1. The summed E-state index contributed by atoms with van der Waals surface area (Å²) < 4.78 is 23.0. The third-order valence-electron chi connectivity index (χ3n) is 4.28. The van der Waals surface area contributed by atoms with Crippen LogP contribution in [0.2, 0.25) is 0 Å². The zero-order chi connectivity index (χ0) is 14.8. The number of hydrogen-bond acceptors (Lipinski definition) is 5. The molecule has 2 aliphatic heterocycles. The third kappa shape index (κ3) is 3.71. The number of nitrogens with zero attached hydrogens (tertiary/aromatic N) is 2. The third-order valence-corrected chi connectivity index (χ3v) is 6.03. The van der Waals surface area contributed by atoms with Gasteiger partial charge >= 0.3 is 0 Å². The first kappa shape index (κ1) is 15.7. The molecule has 116 valence electrons. The first-order valence-electron chi connectivity index (χ1n) is 7.34. The first-order chi connectivity index (χ1) is 9.43. The summed E-state index contributed by atoms with van der Waals surface area (Å²) in [5.74, 6) is 0.363. The van der Waals surface area contributed by atoms with Gasteiger partial charge in [-0.15, -0.1) is 0 Å². The van der Waals surface area contributed by atoms with E-state index in [4.69, 9.17) is 0 Å². The van der Waals surface area contributed by atoms with E-state index in [2.05, 4.69) is 17.1 Å². The Morgan fingerprint density at radius 1 is 1.30 bits per heavy atom. The van der Waals surface area contributed by atoms with Gasteiger partial charge in [-0.2, -0.15) is 0 Å². The fourth-order valence-corrected chi connectivity index (χ4v) is 4.55. The molecule has 2 rings (SSSR count). The minimum atomic E-state index is -2.94. The van der Waals surface area contributed by atoms with Gasteiger partial charge in [-0.05, 0) is 19.4 Å². The van der Waals surface area contributed by atoms with E-state index in [9.17, 15) is 13.2 Å². The summed E-state index contributed by atoms with van der Waals surface area (Å²) in [7, 11) is -1.21. The fourth-order valence-electron chi connectivity index (χ4n) is 2.78. The molecule has 0 radical (unpaired) electrons. The van der Waals surface area contributed by atoms with Crippen LogP contribution in [0, 0.1) is 0 Å². The summed E-state index contributed by atoms with van der Waals surface area (Å²) in [5.41, 5.74) is 0. The van der Waals surface area contributed by atoms with E-state index in [-0.39, 0.29) is 23.5 Å². The molecule has 20 heavy (non-hydrogen) atoms. The Labute approximate surface area is 121 Å². The van der Waals surface area contributed by atoms with Crippen LogP contribution < -0.4 is 5.32 Å². The maximum atomic E-state index is 12.3. The van der Waals surface area contributed by atoms with Crippen molar-refractivity contribution in [3.63, 3.8) is 0 Å². The smallest absolute Gasteiger partial charge is 0.236 e. The Morgan fingerprint density at radius 2 is 2.00 bits per heavy atom. The Hall–Kier alpha value is -0.660. The SMILES string of the molecule is CCCN(CC(=O)N(C)C1CCS(=O)(=O)C1)C1CNC1. The molecule has 7 heteroatoms. The molecule has 0 aromatic carbocycles. The molecule has 0 aromatic heterocycles. The molecule has 0 bridgehead atoms. The molecule has 0 saturated carbocycles. The zero-order valence-electron chi connectivity index (χ0n) is 12.3. The summed E-state index contributed by atoms with van der Waals surface area (Å²) in [6, 6.07) is 0.301. The number of hydrogen-bond donors (Lipinski definition) is 1. The molecule has 1 amide bonds. The molecular formula is C13H25N3O3S. The van der Waals surface area contributed by atoms with Crippen LogP contribution in [0.25, 0.3) is 0 Å². The Kier molecular flexibility index (Phi) is 5.04. The highest BCUT2D eigenvalue weighted by Crippen LogP contribution is 2.17. The lowest BCUT2D eigenvalue weighted by atomic mass is 10.1. The second-order valence-corrected chi connectivity index (χ2v) is 8.07. The van der Waals surface area contributed by atoms with Crippen molar-refractivity contribution in [2.24, 2.45) is 0 Å². The Balaban J connectivity index is 1.89. The number of rotatable bonds is 6. The van der Waals surface area contributed by atoms with Gasteiger partial charge in [0.15, 0.2) is 9.84 Å². The molecule has 6 nitrogen and oxygen atoms in total. The highest BCUT2D eigenvalue weighted by molar-refractivity contribution is 7.91. The Morgan fingerprint density at radius 3 is 2.45 bits per heavy atom. The highest BCUT2D eigenvalue weighted by Gasteiger charge is 2.34. The van der Waals surface area contributed by atoms with Gasteiger partial charge < -0.3 is 10.2 Å². The number of carbonyl (C=O) groups excluding carboxylic acids is 1. The maximum Gasteiger partial charge on any atom is 0.236 e. The van der Waals surface area contributed by atoms with E-state index in [0.29, 0.717) is 19.0 Å². The van der Waals surface area contributed by atoms with Gasteiger partial charge in [-0.25, -0.2) is 8.42 Å². The number of likely N-dealkylation sites (N-methyl/N-ethyl adjacent to an activating group) is 1. The quantitative estimate of drug-likeness (QED) is 0.704. The first-order valence-corrected chi connectivity index (χ1v) is 9.16. The standard InChI is InChI=1S/C13H25N3O3S/c1-3-5-16(12-7-14-8-12)9-13(17)15(2)11-4-6-20(18,19)10-11/h11-12,14H,3-10H2,1-2H3. The molecule has 1 N–H and O–H groups in total. The van der Waals surface area contributed by atoms with Crippen molar-refractivity contribution in [2.75, 3.05) is 44.7 Å². The van der Waals surface area contributed by atoms with Gasteiger partial charge in [0.05, 0.1) is 18.1 Å². The summed E-state index contributed by atoms with van der Waals surface area (Å²) in [6.07, 6.45) is 1.59. The summed E-state index contributed by atoms with van der Waals surface area (Å²) in [5, 5.41) is 3.22. The molecule has 2 heterocycles. The molecule has 0 aliphatic carbocycles. The monoisotopic (exact) mass is 303 g/mol. The largest absolute Gasteiger partial charge is 0.341 e. The van der Waals surface area contributed by atoms with Crippen LogP contribution in [0.15, 0.2) is 0 Å². The van der Waals surface area contributed by atoms with Gasteiger partial charge in [0.25, 0.3) is 0 Å². The topological polar surface area (TPSA) is 69.7 Å². The van der Waals surface area contributed by atoms with Crippen molar-refractivity contribution in [3.8, 4) is 0 Å². The van der Waals surface area contributed by atoms with Crippen molar-refractivity contribution in [1.82, 2.24) is 15.1 Å². The predicted octanol–water partition coefficient (Wildman–Crippen LogP) is -0.684. The highest BCUT2D eigenvalue weighted by atomic mass is 32.2. The van der Waals surface area contributed by atoms with E-state index in [1.165, 1.54) is 0 Å². The van der Waals surface area contributed by atoms with E-state index < -0.39 is 9.84 Å². The van der Waals surface area contributed by atoms with Crippen molar-refractivity contribution < 1.29 is 13.2 Å². The second-order valence-electron chi connectivity index (χ2n) is 5.84. The fraction of sp³-hybridized carbons (Fsp3) is 0.923. The normalized spacial score (nSPS) is 25.6. The lowest BCUT2D eigenvalue weighted by Gasteiger charge is -2.38. The van der Waals surface area contributed by atoms with E-state index in [1.807, 2.05) is 0 Å². The molecule has 2 saturated heterocycles. The lowest BCUT2D eigenvalue weighted by Crippen LogP contribution is -2.59. The number of carbonyl (C=O) groups is 1. The van der Waals surface area contributed by atoms with Gasteiger partial charge in [-0.1, -0.05) is 6.92 Å². The van der Waals surface area contributed by atoms with Crippen LogP contribution in [0.3, 0.4) is 0 Å². The van der Waals surface area contributed by atoms with Crippen LogP contribution in [-0.2, 0) is 14.6 Å². The zero-order valence-corrected chi connectivity index (χ0v) is 13.2. The van der Waals surface area contributed by atoms with Gasteiger partial charge in [-0.3, -0.25) is 9.69 Å². The van der Waals surface area contributed by atoms with Crippen molar-refractivity contribution in [1.29, 1.82) is 0 Å². The van der Waals surface area contributed by atoms with Crippen molar-refractivity contribution >= 4 is 15.7 Å². The Bertz CT molecular complexity index is 448. The minimum absolute atomic E-state index is 0.0347. The van der Waals surface area contributed by atoms with Crippen LogP contribution in [0.4, 0.5) is 0 Å². The molecule has 2 fully saturated rings. The minimum Gasteiger partial charge on any atom is -0.341 e. The maximum absolute atomic E-state index is 12.3. The van der Waals surface area contributed by atoms with Crippen LogP contribution in [0.5, 0.6) is 0 Å². The summed E-state index contributed by atoms with van der Waals surface area (Å²) >= 11 is 0. The number of nitrogens with one attached hydrogen (secondary N) is 1. The molecule has 0 aromatic rings. The van der Waals surface area contributed by atoms with Crippen LogP contribution in [0.1, 0.15) is 19.8 Å². The van der Waals surface area contributed by atoms with Crippen molar-refractivity contribution in [2.45, 2.75) is 31.8 Å². The van der Waals surface area contributed by atoms with Gasteiger partial charge in [0.1, 0.15) is 0 Å². The van der Waals surface area contributed by atoms with E-state index >= 15 is 0 Å². The summed E-state index contributed by atoms with van der Waals surface area (Å²) in [6.45, 7) is 5.29. The average Bonchev–Trinajstić information content (AvgIpc) is 2.66. The van der Waals surface area contributed by atoms with Crippen LogP contribution >= 0.6 is 0 Å². The average molecular weight is 303 g/mol. The van der Waals surface area contributed by atoms with E-state index in [0.717, 1.165) is 26.1 Å². The van der Waals surface area contributed by atoms with Crippen molar-refractivity contribution in [3.05, 3.63) is 0 Å². The van der Waals surface area contributed by atoms with E-state index in [1.54, 1.807) is 11.9 Å². The molecule has 1 atom stereocenters. The summed E-state index contributed by atoms with van der Waals surface area (Å²) in [4.78, 5) is 16.2. The molecule has 2 aliphatic rings.